The molecule has 0 saturated heterocycles. The summed E-state index contributed by atoms with van der Waals surface area (Å²) in [5, 5.41) is 13.0. The maximum Gasteiger partial charge on any atom is 0.247 e. The molecule has 1 saturated carbocycles. The molecular formula is C17H22ClN5OS. The van der Waals surface area contributed by atoms with E-state index in [1.165, 1.54) is 0 Å². The average Bonchev–Trinajstić information content (AvgIpc) is 3.31. The van der Waals surface area contributed by atoms with E-state index < -0.39 is 0 Å². The fourth-order valence-electron chi connectivity index (χ4n) is 2.41. The van der Waals surface area contributed by atoms with Gasteiger partial charge in [-0.2, -0.15) is 0 Å². The van der Waals surface area contributed by atoms with E-state index in [1.807, 2.05) is 26.2 Å². The van der Waals surface area contributed by atoms with E-state index in [0.29, 0.717) is 29.4 Å². The Morgan fingerprint density at radius 2 is 2.00 bits per heavy atom. The first-order valence-corrected chi connectivity index (χ1v) is 9.09. The summed E-state index contributed by atoms with van der Waals surface area (Å²) in [5.74, 6) is 1.06. The van der Waals surface area contributed by atoms with E-state index in [4.69, 9.17) is 28.2 Å². The van der Waals surface area contributed by atoms with Crippen molar-refractivity contribution in [3.8, 4) is 11.5 Å². The minimum absolute atomic E-state index is 0.463. The number of benzene rings is 1. The van der Waals surface area contributed by atoms with Crippen molar-refractivity contribution in [3.63, 3.8) is 0 Å². The lowest BCUT2D eigenvalue weighted by Crippen LogP contribution is -2.43. The second-order valence-corrected chi connectivity index (χ2v) is 7.23. The van der Waals surface area contributed by atoms with Crippen molar-refractivity contribution in [3.05, 3.63) is 35.2 Å². The highest BCUT2D eigenvalue weighted by Gasteiger charge is 2.32. The summed E-state index contributed by atoms with van der Waals surface area (Å²) < 4.78 is 5.81. The largest absolute Gasteiger partial charge is 0.419 e. The number of aromatic nitrogens is 2. The molecule has 25 heavy (non-hydrogen) atoms. The number of likely N-dealkylation sites (N-methyl/N-ethyl adjacent to an activating group) is 1. The second kappa shape index (κ2) is 8.12. The van der Waals surface area contributed by atoms with Gasteiger partial charge in [-0.15, -0.1) is 10.2 Å². The molecule has 1 N–H and O–H groups in total. The van der Waals surface area contributed by atoms with Crippen LogP contribution < -0.4 is 5.32 Å². The number of hydrogen-bond acceptors (Lipinski definition) is 5. The minimum atomic E-state index is 0.463. The van der Waals surface area contributed by atoms with E-state index in [-0.39, 0.29) is 0 Å². The Balaban J connectivity index is 1.63. The Bertz CT molecular complexity index is 714. The van der Waals surface area contributed by atoms with E-state index >= 15 is 0 Å². The molecule has 0 atom stereocenters. The fraction of sp³-hybridized carbons (Fsp3) is 0.471. The second-order valence-electron chi connectivity index (χ2n) is 6.40. The van der Waals surface area contributed by atoms with Gasteiger partial charge in [0.25, 0.3) is 0 Å². The van der Waals surface area contributed by atoms with Gasteiger partial charge in [-0.05, 0) is 63.4 Å². The van der Waals surface area contributed by atoms with Crippen molar-refractivity contribution in [2.24, 2.45) is 0 Å². The molecule has 1 aromatic carbocycles. The molecule has 0 radical (unpaired) electrons. The normalized spacial score (nSPS) is 13.9. The van der Waals surface area contributed by atoms with Crippen molar-refractivity contribution < 1.29 is 4.42 Å². The van der Waals surface area contributed by atoms with Crippen LogP contribution in [0.2, 0.25) is 5.02 Å². The predicted octanol–water partition coefficient (Wildman–Crippen LogP) is 2.79. The van der Waals surface area contributed by atoms with Gasteiger partial charge < -0.3 is 19.5 Å². The molecule has 0 aliphatic heterocycles. The Hall–Kier alpha value is -1.70. The van der Waals surface area contributed by atoms with Crippen LogP contribution in [0.4, 0.5) is 0 Å². The van der Waals surface area contributed by atoms with Gasteiger partial charge in [-0.1, -0.05) is 11.6 Å². The van der Waals surface area contributed by atoms with Crippen LogP contribution in [-0.2, 0) is 6.54 Å². The fourth-order valence-corrected chi connectivity index (χ4v) is 2.85. The first kappa shape index (κ1) is 18.1. The Morgan fingerprint density at radius 3 is 2.64 bits per heavy atom. The number of nitrogens with zero attached hydrogens (tertiary/aromatic N) is 4. The lowest BCUT2D eigenvalue weighted by atomic mass is 10.2. The van der Waals surface area contributed by atoms with Crippen molar-refractivity contribution in [2.75, 3.05) is 27.2 Å². The molecule has 1 aliphatic carbocycles. The number of rotatable bonds is 7. The molecule has 134 valence electrons. The van der Waals surface area contributed by atoms with Crippen LogP contribution in [0.1, 0.15) is 18.7 Å². The summed E-state index contributed by atoms with van der Waals surface area (Å²) in [7, 11) is 4.08. The first-order valence-electron chi connectivity index (χ1n) is 8.30. The van der Waals surface area contributed by atoms with Gasteiger partial charge in [-0.3, -0.25) is 0 Å². The minimum Gasteiger partial charge on any atom is -0.419 e. The van der Waals surface area contributed by atoms with E-state index in [0.717, 1.165) is 36.6 Å². The van der Waals surface area contributed by atoms with Gasteiger partial charge in [0.15, 0.2) is 5.11 Å². The van der Waals surface area contributed by atoms with Crippen LogP contribution in [0.15, 0.2) is 28.7 Å². The lowest BCUT2D eigenvalue weighted by Gasteiger charge is -2.24. The zero-order chi connectivity index (χ0) is 17.8. The highest BCUT2D eigenvalue weighted by Crippen LogP contribution is 2.29. The third-order valence-electron chi connectivity index (χ3n) is 3.95. The van der Waals surface area contributed by atoms with Crippen LogP contribution in [-0.4, -0.2) is 58.3 Å². The van der Waals surface area contributed by atoms with Gasteiger partial charge in [0.1, 0.15) is 0 Å². The van der Waals surface area contributed by atoms with Crippen LogP contribution in [0.3, 0.4) is 0 Å². The molecule has 1 aromatic heterocycles. The SMILES string of the molecule is CN(C)CCNC(=S)N(Cc1nnc(-c2ccc(Cl)cc2)o1)C1CC1. The number of nitrogens with one attached hydrogen (secondary N) is 1. The number of thiocarbonyl (C=S) groups is 1. The number of halogens is 1. The summed E-state index contributed by atoms with van der Waals surface area (Å²) in [6.07, 6.45) is 2.29. The summed E-state index contributed by atoms with van der Waals surface area (Å²) in [6.45, 7) is 2.27. The van der Waals surface area contributed by atoms with Gasteiger partial charge >= 0.3 is 0 Å². The van der Waals surface area contributed by atoms with E-state index in [2.05, 4.69) is 25.3 Å². The third-order valence-corrected chi connectivity index (χ3v) is 4.58. The standard InChI is InChI=1S/C17H22ClN5OS/c1-22(2)10-9-19-17(25)23(14-7-8-14)11-15-20-21-16(24-15)12-3-5-13(18)6-4-12/h3-6,14H,7-11H2,1-2H3,(H,19,25). The molecule has 2 aromatic rings. The Kier molecular flexibility index (Phi) is 5.88. The molecule has 0 spiro atoms. The summed E-state index contributed by atoms with van der Waals surface area (Å²) >= 11 is 11.5. The smallest absolute Gasteiger partial charge is 0.247 e. The Morgan fingerprint density at radius 1 is 1.28 bits per heavy atom. The van der Waals surface area contributed by atoms with Crippen molar-refractivity contribution in [1.29, 1.82) is 0 Å². The van der Waals surface area contributed by atoms with Crippen LogP contribution >= 0.6 is 23.8 Å². The zero-order valence-electron chi connectivity index (χ0n) is 14.4. The predicted molar refractivity (Wildman–Crippen MR) is 102 cm³/mol. The maximum absolute atomic E-state index is 5.91. The molecule has 0 bridgehead atoms. The molecular weight excluding hydrogens is 358 g/mol. The van der Waals surface area contributed by atoms with Gasteiger partial charge in [-0.25, -0.2) is 0 Å². The van der Waals surface area contributed by atoms with Crippen molar-refractivity contribution in [2.45, 2.75) is 25.4 Å². The van der Waals surface area contributed by atoms with Crippen LogP contribution in [0.25, 0.3) is 11.5 Å². The number of hydrogen-bond donors (Lipinski definition) is 1. The van der Waals surface area contributed by atoms with E-state index in [1.54, 1.807) is 12.1 Å². The lowest BCUT2D eigenvalue weighted by molar-refractivity contribution is 0.339. The van der Waals surface area contributed by atoms with Gasteiger partial charge in [0.05, 0.1) is 6.54 Å². The third kappa shape index (κ3) is 5.14. The zero-order valence-corrected chi connectivity index (χ0v) is 16.0. The van der Waals surface area contributed by atoms with Gasteiger partial charge in [0, 0.05) is 29.7 Å². The quantitative estimate of drug-likeness (QED) is 0.742. The summed E-state index contributed by atoms with van der Waals surface area (Å²) in [4.78, 5) is 4.26. The van der Waals surface area contributed by atoms with Crippen molar-refractivity contribution >= 4 is 28.9 Å². The molecule has 6 nitrogen and oxygen atoms in total. The van der Waals surface area contributed by atoms with Crippen LogP contribution in [0, 0.1) is 0 Å². The highest BCUT2D eigenvalue weighted by molar-refractivity contribution is 7.80. The molecule has 1 heterocycles. The topological polar surface area (TPSA) is 57.4 Å². The monoisotopic (exact) mass is 379 g/mol. The average molecular weight is 380 g/mol. The molecule has 8 heteroatoms. The first-order chi connectivity index (χ1) is 12.0. The summed E-state index contributed by atoms with van der Waals surface area (Å²) in [5.41, 5.74) is 0.854. The van der Waals surface area contributed by atoms with Gasteiger partial charge in [0.2, 0.25) is 11.8 Å². The van der Waals surface area contributed by atoms with Crippen molar-refractivity contribution in [1.82, 2.24) is 25.3 Å². The molecule has 1 aliphatic rings. The molecule has 3 rings (SSSR count). The van der Waals surface area contributed by atoms with Crippen LogP contribution in [0.5, 0.6) is 0 Å². The highest BCUT2D eigenvalue weighted by atomic mass is 35.5. The molecule has 1 fully saturated rings. The van der Waals surface area contributed by atoms with E-state index in [9.17, 15) is 0 Å². The molecule has 0 amide bonds. The Labute approximate surface area is 158 Å². The maximum atomic E-state index is 5.91. The summed E-state index contributed by atoms with van der Waals surface area (Å²) in [6, 6.07) is 7.81. The molecule has 0 unspecified atom stereocenters.